The summed E-state index contributed by atoms with van der Waals surface area (Å²) in [4.78, 5) is 2.58. The Kier molecular flexibility index (Phi) is 3.53. The van der Waals surface area contributed by atoms with E-state index in [-0.39, 0.29) is 5.54 Å². The van der Waals surface area contributed by atoms with Gasteiger partial charge in [0.05, 0.1) is 0 Å². The van der Waals surface area contributed by atoms with Crippen molar-refractivity contribution in [2.75, 3.05) is 26.2 Å². The van der Waals surface area contributed by atoms with Crippen molar-refractivity contribution in [1.29, 1.82) is 0 Å². The molecular formula is C18H24N2. The second-order valence-corrected chi connectivity index (χ2v) is 6.36. The molecule has 1 aliphatic heterocycles. The highest BCUT2D eigenvalue weighted by molar-refractivity contribution is 5.84. The van der Waals surface area contributed by atoms with Crippen LogP contribution in [0.1, 0.15) is 25.0 Å². The molecule has 0 spiro atoms. The van der Waals surface area contributed by atoms with Crippen molar-refractivity contribution < 1.29 is 0 Å². The standard InChI is InChI=1S/C18H24N2/c1-14-4-5-16-13-17(7-6-15(16)12-14)18(2,3)20-10-8-19-9-11-20/h4-7,12-13,19H,8-11H2,1-3H3. The number of hydrogen-bond acceptors (Lipinski definition) is 2. The van der Waals surface area contributed by atoms with Crippen LogP contribution in [-0.4, -0.2) is 31.1 Å². The number of rotatable bonds is 2. The Balaban J connectivity index is 1.97. The Morgan fingerprint density at radius 1 is 0.950 bits per heavy atom. The molecule has 0 aliphatic carbocycles. The predicted octanol–water partition coefficient (Wildman–Crippen LogP) is 3.29. The van der Waals surface area contributed by atoms with Gasteiger partial charge in [-0.05, 0) is 43.2 Å². The molecular weight excluding hydrogens is 244 g/mol. The van der Waals surface area contributed by atoms with E-state index in [1.54, 1.807) is 0 Å². The van der Waals surface area contributed by atoms with E-state index in [1.807, 2.05) is 0 Å². The molecule has 0 saturated carbocycles. The molecule has 0 aromatic heterocycles. The van der Waals surface area contributed by atoms with E-state index in [0.717, 1.165) is 26.2 Å². The summed E-state index contributed by atoms with van der Waals surface area (Å²) in [5, 5.41) is 6.11. The second kappa shape index (κ2) is 5.19. The molecule has 2 heteroatoms. The van der Waals surface area contributed by atoms with Gasteiger partial charge in [-0.1, -0.05) is 35.9 Å². The number of nitrogens with zero attached hydrogens (tertiary/aromatic N) is 1. The summed E-state index contributed by atoms with van der Waals surface area (Å²) < 4.78 is 0. The fourth-order valence-electron chi connectivity index (χ4n) is 3.15. The van der Waals surface area contributed by atoms with Crippen LogP contribution in [0.5, 0.6) is 0 Å². The third-order valence-electron chi connectivity index (χ3n) is 4.61. The maximum atomic E-state index is 3.43. The molecule has 20 heavy (non-hydrogen) atoms. The van der Waals surface area contributed by atoms with Crippen molar-refractivity contribution >= 4 is 10.8 Å². The van der Waals surface area contributed by atoms with E-state index >= 15 is 0 Å². The van der Waals surface area contributed by atoms with Gasteiger partial charge in [0.2, 0.25) is 0 Å². The van der Waals surface area contributed by atoms with E-state index in [0.29, 0.717) is 0 Å². The average molecular weight is 268 g/mol. The Morgan fingerprint density at radius 3 is 2.35 bits per heavy atom. The van der Waals surface area contributed by atoms with Gasteiger partial charge in [0, 0.05) is 31.7 Å². The minimum atomic E-state index is 0.0984. The molecule has 0 unspecified atom stereocenters. The van der Waals surface area contributed by atoms with E-state index in [4.69, 9.17) is 0 Å². The Bertz CT molecular complexity index is 610. The quantitative estimate of drug-likeness (QED) is 0.899. The second-order valence-electron chi connectivity index (χ2n) is 6.36. The number of benzene rings is 2. The number of fused-ring (bicyclic) bond motifs is 1. The number of piperazine rings is 1. The first-order valence-electron chi connectivity index (χ1n) is 7.54. The molecule has 0 atom stereocenters. The number of nitrogens with one attached hydrogen (secondary N) is 1. The highest BCUT2D eigenvalue weighted by Crippen LogP contribution is 2.30. The topological polar surface area (TPSA) is 15.3 Å². The number of hydrogen-bond donors (Lipinski definition) is 1. The Labute approximate surface area is 121 Å². The minimum Gasteiger partial charge on any atom is -0.314 e. The summed E-state index contributed by atoms with van der Waals surface area (Å²) in [6.45, 7) is 11.3. The van der Waals surface area contributed by atoms with Crippen molar-refractivity contribution in [3.8, 4) is 0 Å². The molecule has 2 aromatic carbocycles. The summed E-state index contributed by atoms with van der Waals surface area (Å²) in [5.41, 5.74) is 2.84. The lowest BCUT2D eigenvalue weighted by molar-refractivity contribution is 0.103. The van der Waals surface area contributed by atoms with Crippen LogP contribution in [0.2, 0.25) is 0 Å². The summed E-state index contributed by atoms with van der Waals surface area (Å²) in [6, 6.07) is 13.6. The van der Waals surface area contributed by atoms with Crippen LogP contribution in [0.4, 0.5) is 0 Å². The van der Waals surface area contributed by atoms with Crippen LogP contribution in [0.3, 0.4) is 0 Å². The van der Waals surface area contributed by atoms with Gasteiger partial charge in [-0.15, -0.1) is 0 Å². The summed E-state index contributed by atoms with van der Waals surface area (Å²) in [5.74, 6) is 0. The zero-order valence-corrected chi connectivity index (χ0v) is 12.7. The van der Waals surface area contributed by atoms with E-state index < -0.39 is 0 Å². The molecule has 1 N–H and O–H groups in total. The van der Waals surface area contributed by atoms with Gasteiger partial charge in [0.1, 0.15) is 0 Å². The van der Waals surface area contributed by atoms with Crippen LogP contribution in [0, 0.1) is 6.92 Å². The smallest absolute Gasteiger partial charge is 0.0405 e. The van der Waals surface area contributed by atoms with Gasteiger partial charge in [-0.3, -0.25) is 4.90 Å². The van der Waals surface area contributed by atoms with Gasteiger partial charge < -0.3 is 5.32 Å². The van der Waals surface area contributed by atoms with Crippen molar-refractivity contribution in [1.82, 2.24) is 10.2 Å². The molecule has 1 aliphatic rings. The van der Waals surface area contributed by atoms with Crippen LogP contribution in [-0.2, 0) is 5.54 Å². The van der Waals surface area contributed by atoms with Gasteiger partial charge in [0.15, 0.2) is 0 Å². The van der Waals surface area contributed by atoms with E-state index in [9.17, 15) is 0 Å². The van der Waals surface area contributed by atoms with Gasteiger partial charge >= 0.3 is 0 Å². The fraction of sp³-hybridized carbons (Fsp3) is 0.444. The third-order valence-corrected chi connectivity index (χ3v) is 4.61. The SMILES string of the molecule is Cc1ccc2cc(C(C)(C)N3CCNCC3)ccc2c1. The van der Waals surface area contributed by atoms with Crippen LogP contribution < -0.4 is 5.32 Å². The van der Waals surface area contributed by atoms with Gasteiger partial charge in [-0.25, -0.2) is 0 Å². The van der Waals surface area contributed by atoms with E-state index in [1.165, 1.54) is 21.9 Å². The molecule has 1 fully saturated rings. The molecule has 0 radical (unpaired) electrons. The average Bonchev–Trinajstić information content (AvgIpc) is 2.47. The van der Waals surface area contributed by atoms with E-state index in [2.05, 4.69) is 67.4 Å². The first-order chi connectivity index (χ1) is 9.57. The fourth-order valence-corrected chi connectivity index (χ4v) is 3.15. The zero-order chi connectivity index (χ0) is 14.2. The largest absolute Gasteiger partial charge is 0.314 e. The van der Waals surface area contributed by atoms with Crippen LogP contribution >= 0.6 is 0 Å². The zero-order valence-electron chi connectivity index (χ0n) is 12.7. The highest BCUT2D eigenvalue weighted by atomic mass is 15.2. The Morgan fingerprint density at radius 2 is 1.60 bits per heavy atom. The first kappa shape index (κ1) is 13.6. The molecule has 0 bridgehead atoms. The van der Waals surface area contributed by atoms with Gasteiger partial charge in [-0.2, -0.15) is 0 Å². The Hall–Kier alpha value is -1.38. The molecule has 1 saturated heterocycles. The van der Waals surface area contributed by atoms with Crippen molar-refractivity contribution in [3.63, 3.8) is 0 Å². The van der Waals surface area contributed by atoms with Crippen LogP contribution in [0.25, 0.3) is 10.8 Å². The van der Waals surface area contributed by atoms with Crippen molar-refractivity contribution in [2.45, 2.75) is 26.3 Å². The maximum absolute atomic E-state index is 3.43. The van der Waals surface area contributed by atoms with Crippen molar-refractivity contribution in [2.24, 2.45) is 0 Å². The maximum Gasteiger partial charge on any atom is 0.0405 e. The lowest BCUT2D eigenvalue weighted by Crippen LogP contribution is -2.51. The normalized spacial score (nSPS) is 17.6. The minimum absolute atomic E-state index is 0.0984. The lowest BCUT2D eigenvalue weighted by Gasteiger charge is -2.41. The summed E-state index contributed by atoms with van der Waals surface area (Å²) >= 11 is 0. The van der Waals surface area contributed by atoms with Crippen LogP contribution in [0.15, 0.2) is 36.4 Å². The summed E-state index contributed by atoms with van der Waals surface area (Å²) in [6.07, 6.45) is 0. The molecule has 2 nitrogen and oxygen atoms in total. The van der Waals surface area contributed by atoms with Crippen molar-refractivity contribution in [3.05, 3.63) is 47.5 Å². The predicted molar refractivity (Wildman–Crippen MR) is 86.2 cm³/mol. The molecule has 3 rings (SSSR count). The lowest BCUT2D eigenvalue weighted by atomic mass is 9.89. The third kappa shape index (κ3) is 2.46. The monoisotopic (exact) mass is 268 g/mol. The molecule has 2 aromatic rings. The van der Waals surface area contributed by atoms with Gasteiger partial charge in [0.25, 0.3) is 0 Å². The number of aryl methyl sites for hydroxylation is 1. The first-order valence-corrected chi connectivity index (χ1v) is 7.54. The molecule has 106 valence electrons. The summed E-state index contributed by atoms with van der Waals surface area (Å²) in [7, 11) is 0. The molecule has 0 amide bonds. The molecule has 1 heterocycles. The highest BCUT2D eigenvalue weighted by Gasteiger charge is 2.29.